The molecular weight excluding hydrogens is 358 g/mol. The van der Waals surface area contributed by atoms with Gasteiger partial charge in [0.15, 0.2) is 0 Å². The van der Waals surface area contributed by atoms with E-state index in [4.69, 9.17) is 4.42 Å². The van der Waals surface area contributed by atoms with Crippen molar-refractivity contribution in [1.82, 2.24) is 4.90 Å². The van der Waals surface area contributed by atoms with E-state index in [1.807, 2.05) is 42.5 Å². The summed E-state index contributed by atoms with van der Waals surface area (Å²) in [6, 6.07) is 22.2. The van der Waals surface area contributed by atoms with Gasteiger partial charge in [-0.1, -0.05) is 63.2 Å². The fourth-order valence-electron chi connectivity index (χ4n) is 3.73. The number of hydrogen-bond donors (Lipinski definition) is 0. The monoisotopic (exact) mass is 385 g/mol. The van der Waals surface area contributed by atoms with Gasteiger partial charge in [0.25, 0.3) is 0 Å². The molecule has 4 rings (SSSR count). The van der Waals surface area contributed by atoms with Crippen molar-refractivity contribution in [2.24, 2.45) is 0 Å². The highest BCUT2D eigenvalue weighted by Gasteiger charge is 2.13. The van der Waals surface area contributed by atoms with Gasteiger partial charge in [-0.2, -0.15) is 0 Å². The minimum atomic E-state index is 0.0284. The molecule has 3 heteroatoms. The number of fused-ring (bicyclic) bond motifs is 2. The van der Waals surface area contributed by atoms with Crippen LogP contribution in [0.1, 0.15) is 37.5 Å². The van der Waals surface area contributed by atoms with E-state index < -0.39 is 0 Å². The molecule has 0 bridgehead atoms. The third-order valence-corrected chi connectivity index (χ3v) is 5.37. The molecule has 0 spiro atoms. The van der Waals surface area contributed by atoms with Crippen molar-refractivity contribution in [3.05, 3.63) is 93.6 Å². The predicted molar refractivity (Wildman–Crippen MR) is 120 cm³/mol. The molecule has 0 saturated carbocycles. The Labute approximate surface area is 171 Å². The quantitative estimate of drug-likeness (QED) is 0.412. The number of hydrogen-bond acceptors (Lipinski definition) is 3. The molecule has 148 valence electrons. The van der Waals surface area contributed by atoms with E-state index in [1.165, 1.54) is 11.1 Å². The van der Waals surface area contributed by atoms with Gasteiger partial charge in [-0.25, -0.2) is 0 Å². The van der Waals surface area contributed by atoms with Crippen LogP contribution < -0.4 is 5.43 Å². The lowest BCUT2D eigenvalue weighted by molar-refractivity contribution is 0.319. The zero-order valence-electron chi connectivity index (χ0n) is 17.5. The fourth-order valence-corrected chi connectivity index (χ4v) is 3.73. The molecule has 0 unspecified atom stereocenters. The van der Waals surface area contributed by atoms with E-state index in [0.29, 0.717) is 21.9 Å². The summed E-state index contributed by atoms with van der Waals surface area (Å²) in [5.41, 5.74) is 5.25. The van der Waals surface area contributed by atoms with Gasteiger partial charge < -0.3 is 4.42 Å². The highest BCUT2D eigenvalue weighted by Crippen LogP contribution is 2.23. The normalized spacial score (nSPS) is 12.2. The van der Waals surface area contributed by atoms with Gasteiger partial charge in [0.05, 0.1) is 10.8 Å². The molecule has 1 aromatic heterocycles. The van der Waals surface area contributed by atoms with Crippen LogP contribution in [-0.2, 0) is 18.5 Å². The second-order valence-corrected chi connectivity index (χ2v) is 8.88. The van der Waals surface area contributed by atoms with Gasteiger partial charge in [-0.3, -0.25) is 9.69 Å². The van der Waals surface area contributed by atoms with Crippen molar-refractivity contribution in [1.29, 1.82) is 0 Å². The highest BCUT2D eigenvalue weighted by atomic mass is 16.3. The molecule has 4 aromatic rings. The van der Waals surface area contributed by atoms with E-state index in [2.05, 4.69) is 57.0 Å². The van der Waals surface area contributed by atoms with Gasteiger partial charge in [0.2, 0.25) is 5.43 Å². The zero-order valence-corrected chi connectivity index (χ0v) is 17.5. The molecule has 29 heavy (non-hydrogen) atoms. The van der Waals surface area contributed by atoms with E-state index in [-0.39, 0.29) is 10.8 Å². The first kappa shape index (κ1) is 19.4. The number of nitrogens with zero attached hydrogens (tertiary/aromatic N) is 1. The Bertz CT molecular complexity index is 1210. The summed E-state index contributed by atoms with van der Waals surface area (Å²) in [6.07, 6.45) is 0. The highest BCUT2D eigenvalue weighted by molar-refractivity contribution is 5.89. The van der Waals surface area contributed by atoms with E-state index in [0.717, 1.165) is 18.7 Å². The maximum Gasteiger partial charge on any atom is 0.200 e. The van der Waals surface area contributed by atoms with E-state index >= 15 is 0 Å². The first-order valence-corrected chi connectivity index (χ1v) is 10.0. The molecule has 0 aliphatic heterocycles. The minimum Gasteiger partial charge on any atom is -0.456 e. The van der Waals surface area contributed by atoms with Gasteiger partial charge in [0, 0.05) is 13.1 Å². The van der Waals surface area contributed by atoms with Crippen LogP contribution in [-0.4, -0.2) is 11.9 Å². The summed E-state index contributed by atoms with van der Waals surface area (Å²) in [7, 11) is 2.11. The van der Waals surface area contributed by atoms with Crippen molar-refractivity contribution < 1.29 is 4.42 Å². The summed E-state index contributed by atoms with van der Waals surface area (Å²) in [4.78, 5) is 15.0. The topological polar surface area (TPSA) is 33.5 Å². The molecular formula is C26H27NO2. The van der Waals surface area contributed by atoms with Crippen molar-refractivity contribution in [2.45, 2.75) is 39.3 Å². The first-order valence-electron chi connectivity index (χ1n) is 10.0. The lowest BCUT2D eigenvalue weighted by Crippen LogP contribution is -2.17. The fraction of sp³-hybridized carbons (Fsp3) is 0.269. The Morgan fingerprint density at radius 2 is 1.41 bits per heavy atom. The van der Waals surface area contributed by atoms with Crippen molar-refractivity contribution in [3.63, 3.8) is 0 Å². The Morgan fingerprint density at radius 3 is 2.14 bits per heavy atom. The van der Waals surface area contributed by atoms with Crippen LogP contribution in [0.25, 0.3) is 21.9 Å². The second-order valence-electron chi connectivity index (χ2n) is 8.88. The summed E-state index contributed by atoms with van der Waals surface area (Å²) in [5, 5.41) is 1.26. The smallest absolute Gasteiger partial charge is 0.200 e. The van der Waals surface area contributed by atoms with E-state index in [1.54, 1.807) is 0 Å². The molecule has 0 amide bonds. The summed E-state index contributed by atoms with van der Waals surface area (Å²) < 4.78 is 5.99. The summed E-state index contributed by atoms with van der Waals surface area (Å²) >= 11 is 0. The Hall–Kier alpha value is -2.91. The van der Waals surface area contributed by atoms with Gasteiger partial charge in [0.1, 0.15) is 11.2 Å². The molecule has 0 saturated heterocycles. The molecule has 0 fully saturated rings. The average Bonchev–Trinajstić information content (AvgIpc) is 2.67. The van der Waals surface area contributed by atoms with Crippen LogP contribution in [0, 0.1) is 0 Å². The molecule has 3 nitrogen and oxygen atoms in total. The second kappa shape index (κ2) is 7.49. The maximum atomic E-state index is 12.7. The molecule has 0 aliphatic rings. The largest absolute Gasteiger partial charge is 0.456 e. The molecule has 0 aliphatic carbocycles. The average molecular weight is 386 g/mol. The van der Waals surface area contributed by atoms with Crippen molar-refractivity contribution in [2.75, 3.05) is 7.05 Å². The Balaban J connectivity index is 1.54. The molecule has 0 radical (unpaired) electrons. The minimum absolute atomic E-state index is 0.0284. The third kappa shape index (κ3) is 4.10. The summed E-state index contributed by atoms with van der Waals surface area (Å²) in [5.74, 6) is 0. The molecule has 1 heterocycles. The van der Waals surface area contributed by atoms with E-state index in [9.17, 15) is 4.79 Å². The number of benzene rings is 3. The first-order chi connectivity index (χ1) is 13.8. The summed E-state index contributed by atoms with van der Waals surface area (Å²) in [6.45, 7) is 8.35. The standard InChI is InChI=1S/C26H27NO2/c1-26(2,3)20-12-9-18(10-13-20)16-27(4)17-19-11-14-22-24(15-19)29-23-8-6-5-7-21(23)25(22)28/h5-15H,16-17H2,1-4H3. The molecule has 0 N–H and O–H groups in total. The van der Waals surface area contributed by atoms with Crippen LogP contribution >= 0.6 is 0 Å². The van der Waals surface area contributed by atoms with Gasteiger partial charge in [-0.15, -0.1) is 0 Å². The van der Waals surface area contributed by atoms with Crippen LogP contribution in [0.4, 0.5) is 0 Å². The SMILES string of the molecule is CN(Cc1ccc(C(C)(C)C)cc1)Cc1ccc2c(=O)c3ccccc3oc2c1. The maximum absolute atomic E-state index is 12.7. The molecule has 3 aromatic carbocycles. The lowest BCUT2D eigenvalue weighted by Gasteiger charge is -2.21. The van der Waals surface area contributed by atoms with Gasteiger partial charge in [-0.05, 0) is 53.4 Å². The molecule has 0 atom stereocenters. The predicted octanol–water partition coefficient (Wildman–Crippen LogP) is 5.88. The third-order valence-electron chi connectivity index (χ3n) is 5.37. The van der Waals surface area contributed by atoms with Crippen LogP contribution in [0.3, 0.4) is 0 Å². The number of para-hydroxylation sites is 1. The Kier molecular flexibility index (Phi) is 5.01. The van der Waals surface area contributed by atoms with Crippen LogP contribution in [0.5, 0.6) is 0 Å². The Morgan fingerprint density at radius 1 is 0.793 bits per heavy atom. The van der Waals surface area contributed by atoms with Crippen molar-refractivity contribution in [3.8, 4) is 0 Å². The lowest BCUT2D eigenvalue weighted by atomic mass is 9.87. The van der Waals surface area contributed by atoms with Gasteiger partial charge >= 0.3 is 0 Å². The van der Waals surface area contributed by atoms with Crippen molar-refractivity contribution >= 4 is 21.9 Å². The number of rotatable bonds is 4. The zero-order chi connectivity index (χ0) is 20.6. The van der Waals surface area contributed by atoms with Crippen LogP contribution in [0.15, 0.2) is 75.9 Å². The van der Waals surface area contributed by atoms with Crippen LogP contribution in [0.2, 0.25) is 0 Å².